The fraction of sp³-hybridized carbons (Fsp3) is 0.231. The van der Waals surface area contributed by atoms with Gasteiger partial charge in [0.1, 0.15) is 16.6 Å². The quantitative estimate of drug-likeness (QED) is 0.266. The van der Waals surface area contributed by atoms with Gasteiger partial charge in [0, 0.05) is 22.0 Å². The number of hydrogen-bond acceptors (Lipinski definition) is 6. The molecule has 0 atom stereocenters. The third-order valence-electron chi connectivity index (χ3n) is 5.58. The van der Waals surface area contributed by atoms with E-state index in [-0.39, 0.29) is 23.3 Å². The molecule has 8 nitrogen and oxygen atoms in total. The Labute approximate surface area is 207 Å². The van der Waals surface area contributed by atoms with Crippen molar-refractivity contribution in [2.45, 2.75) is 34.6 Å². The Morgan fingerprint density at radius 2 is 1.91 bits per heavy atom. The van der Waals surface area contributed by atoms with Crippen molar-refractivity contribution < 1.29 is 24.2 Å². The number of anilines is 1. The van der Waals surface area contributed by atoms with Crippen LogP contribution in [0.25, 0.3) is 11.8 Å². The van der Waals surface area contributed by atoms with Gasteiger partial charge in [-0.25, -0.2) is 9.59 Å². The fourth-order valence-electron chi connectivity index (χ4n) is 3.75. The maximum atomic E-state index is 13.0. The zero-order valence-electron chi connectivity index (χ0n) is 20.1. The van der Waals surface area contributed by atoms with E-state index in [1.54, 1.807) is 32.0 Å². The number of aromatic carboxylic acids is 1. The molecule has 0 spiro atoms. The molecule has 3 rings (SSSR count). The number of amides is 1. The minimum Gasteiger partial charge on any atom is -0.478 e. The van der Waals surface area contributed by atoms with Crippen molar-refractivity contribution in [1.29, 1.82) is 5.26 Å². The number of carboxylic acids is 1. The highest BCUT2D eigenvalue weighted by molar-refractivity contribution is 7.16. The summed E-state index contributed by atoms with van der Waals surface area (Å²) in [6, 6.07) is 10.3. The molecule has 0 saturated carbocycles. The minimum absolute atomic E-state index is 0.136. The minimum atomic E-state index is -1.03. The molecular weight excluding hydrogens is 466 g/mol. The van der Waals surface area contributed by atoms with Crippen LogP contribution in [0, 0.1) is 39.0 Å². The number of thiophene rings is 1. The van der Waals surface area contributed by atoms with Crippen molar-refractivity contribution >= 4 is 40.3 Å². The summed E-state index contributed by atoms with van der Waals surface area (Å²) in [6.45, 7) is 9.21. The van der Waals surface area contributed by atoms with Crippen LogP contribution in [0.15, 0.2) is 35.9 Å². The van der Waals surface area contributed by atoms with Gasteiger partial charge in [-0.15, -0.1) is 11.3 Å². The molecule has 2 heterocycles. The number of aromatic nitrogens is 1. The number of nitrogens with one attached hydrogen (secondary N) is 1. The standard InChI is InChI=1S/C26H25N3O5S/c1-6-34-26(33)22-15(3)17(5)35-24(22)28-23(30)20(13-27)11-19-10-14(2)29(16(19)4)21-9-7-8-18(12-21)25(31)32/h7-12H,6H2,1-5H3,(H,28,30)(H,31,32)/b20-11+. The Hall–Kier alpha value is -4.16. The molecule has 1 amide bonds. The first-order chi connectivity index (χ1) is 16.6. The summed E-state index contributed by atoms with van der Waals surface area (Å²) in [5.74, 6) is -2.20. The number of benzene rings is 1. The van der Waals surface area contributed by atoms with Crippen LogP contribution in [0.4, 0.5) is 5.00 Å². The van der Waals surface area contributed by atoms with Gasteiger partial charge in [0.15, 0.2) is 0 Å². The largest absolute Gasteiger partial charge is 0.478 e. The lowest BCUT2D eigenvalue weighted by Crippen LogP contribution is -2.16. The van der Waals surface area contributed by atoms with Crippen molar-refractivity contribution in [1.82, 2.24) is 4.57 Å². The van der Waals surface area contributed by atoms with Crippen LogP contribution in [0.3, 0.4) is 0 Å². The van der Waals surface area contributed by atoms with E-state index in [0.29, 0.717) is 16.3 Å². The Morgan fingerprint density at radius 3 is 2.54 bits per heavy atom. The number of esters is 1. The summed E-state index contributed by atoms with van der Waals surface area (Å²) in [4.78, 5) is 37.6. The van der Waals surface area contributed by atoms with Gasteiger partial charge in [-0.05, 0) is 76.1 Å². The second-order valence-electron chi connectivity index (χ2n) is 7.85. The van der Waals surface area contributed by atoms with E-state index in [4.69, 9.17) is 4.74 Å². The van der Waals surface area contributed by atoms with E-state index in [9.17, 15) is 24.8 Å². The van der Waals surface area contributed by atoms with Crippen molar-refractivity contribution in [2.24, 2.45) is 0 Å². The van der Waals surface area contributed by atoms with E-state index in [0.717, 1.165) is 21.8 Å². The Balaban J connectivity index is 1.97. The molecule has 0 fully saturated rings. The number of rotatable bonds is 7. The molecule has 0 aliphatic heterocycles. The highest BCUT2D eigenvalue weighted by Gasteiger charge is 2.23. The van der Waals surface area contributed by atoms with Crippen LogP contribution >= 0.6 is 11.3 Å². The SMILES string of the molecule is CCOC(=O)c1c(NC(=O)/C(C#N)=C/c2cc(C)n(-c3cccc(C(=O)O)c3)c2C)sc(C)c1C. The average Bonchev–Trinajstić information content (AvgIpc) is 3.25. The van der Waals surface area contributed by atoms with Crippen LogP contribution in [0.5, 0.6) is 0 Å². The smallest absolute Gasteiger partial charge is 0.341 e. The van der Waals surface area contributed by atoms with Crippen LogP contribution in [-0.2, 0) is 9.53 Å². The number of nitrogens with zero attached hydrogens (tertiary/aromatic N) is 2. The van der Waals surface area contributed by atoms with Gasteiger partial charge in [0.2, 0.25) is 0 Å². The summed E-state index contributed by atoms with van der Waals surface area (Å²) in [7, 11) is 0. The highest BCUT2D eigenvalue weighted by atomic mass is 32.1. The molecule has 0 aliphatic carbocycles. The van der Waals surface area contributed by atoms with Crippen LogP contribution in [-0.4, -0.2) is 34.1 Å². The lowest BCUT2D eigenvalue weighted by Gasteiger charge is -2.10. The molecule has 0 unspecified atom stereocenters. The lowest BCUT2D eigenvalue weighted by atomic mass is 10.1. The van der Waals surface area contributed by atoms with E-state index in [1.807, 2.05) is 37.5 Å². The molecule has 0 radical (unpaired) electrons. The van der Waals surface area contributed by atoms with E-state index in [1.165, 1.54) is 23.5 Å². The van der Waals surface area contributed by atoms with Gasteiger partial charge in [-0.2, -0.15) is 5.26 Å². The number of carbonyl (C=O) groups excluding carboxylic acids is 2. The molecule has 0 saturated heterocycles. The Morgan fingerprint density at radius 1 is 1.20 bits per heavy atom. The van der Waals surface area contributed by atoms with E-state index < -0.39 is 17.8 Å². The molecule has 2 N–H and O–H groups in total. The number of nitriles is 1. The number of aryl methyl sites for hydroxylation is 2. The predicted octanol–water partition coefficient (Wildman–Crippen LogP) is 5.19. The van der Waals surface area contributed by atoms with Gasteiger partial charge in [0.25, 0.3) is 5.91 Å². The second kappa shape index (κ2) is 10.4. The fourth-order valence-corrected chi connectivity index (χ4v) is 4.79. The molecule has 9 heteroatoms. The third kappa shape index (κ3) is 5.18. The van der Waals surface area contributed by atoms with Crippen LogP contribution in [0.2, 0.25) is 0 Å². The summed E-state index contributed by atoms with van der Waals surface area (Å²) < 4.78 is 6.98. The Kier molecular flexibility index (Phi) is 7.57. The van der Waals surface area contributed by atoms with Gasteiger partial charge < -0.3 is 19.7 Å². The Bertz CT molecular complexity index is 1400. The normalized spacial score (nSPS) is 11.1. The molecule has 0 aliphatic rings. The molecule has 35 heavy (non-hydrogen) atoms. The van der Waals surface area contributed by atoms with Gasteiger partial charge in [0.05, 0.1) is 17.7 Å². The molecule has 0 bridgehead atoms. The zero-order chi connectivity index (χ0) is 25.9. The van der Waals surface area contributed by atoms with Crippen molar-refractivity contribution in [3.8, 4) is 11.8 Å². The molecule has 3 aromatic rings. The van der Waals surface area contributed by atoms with Gasteiger partial charge in [-0.1, -0.05) is 6.07 Å². The summed E-state index contributed by atoms with van der Waals surface area (Å²) >= 11 is 1.25. The first kappa shape index (κ1) is 25.5. The molecule has 2 aromatic heterocycles. The second-order valence-corrected chi connectivity index (χ2v) is 9.07. The molecule has 180 valence electrons. The number of hydrogen-bond donors (Lipinski definition) is 2. The first-order valence-corrected chi connectivity index (χ1v) is 11.6. The maximum Gasteiger partial charge on any atom is 0.341 e. The summed E-state index contributed by atoms with van der Waals surface area (Å²) in [6.07, 6.45) is 1.48. The molecular formula is C26H25N3O5S. The summed E-state index contributed by atoms with van der Waals surface area (Å²) in [5, 5.41) is 22.0. The monoisotopic (exact) mass is 491 g/mol. The van der Waals surface area contributed by atoms with Crippen LogP contribution < -0.4 is 5.32 Å². The average molecular weight is 492 g/mol. The first-order valence-electron chi connectivity index (χ1n) is 10.8. The molecule has 1 aromatic carbocycles. The lowest BCUT2D eigenvalue weighted by molar-refractivity contribution is -0.112. The van der Waals surface area contributed by atoms with Crippen molar-refractivity contribution in [2.75, 3.05) is 11.9 Å². The van der Waals surface area contributed by atoms with E-state index >= 15 is 0 Å². The van der Waals surface area contributed by atoms with E-state index in [2.05, 4.69) is 5.32 Å². The number of ether oxygens (including phenoxy) is 1. The maximum absolute atomic E-state index is 13.0. The number of carboxylic acid groups (broad SMARTS) is 1. The zero-order valence-corrected chi connectivity index (χ0v) is 20.9. The third-order valence-corrected chi connectivity index (χ3v) is 6.70. The number of carbonyl (C=O) groups is 3. The van der Waals surface area contributed by atoms with Crippen molar-refractivity contribution in [3.63, 3.8) is 0 Å². The highest BCUT2D eigenvalue weighted by Crippen LogP contribution is 2.33. The van der Waals surface area contributed by atoms with Gasteiger partial charge in [-0.3, -0.25) is 4.79 Å². The van der Waals surface area contributed by atoms with Crippen molar-refractivity contribution in [3.05, 3.63) is 74.4 Å². The van der Waals surface area contributed by atoms with Gasteiger partial charge >= 0.3 is 11.9 Å². The predicted molar refractivity (Wildman–Crippen MR) is 134 cm³/mol. The van der Waals surface area contributed by atoms with Crippen LogP contribution in [0.1, 0.15) is 55.0 Å². The summed E-state index contributed by atoms with van der Waals surface area (Å²) in [5.41, 5.74) is 3.87. The topological polar surface area (TPSA) is 121 Å².